The molecule has 4 rings (SSSR count). The molecule has 0 spiro atoms. The highest BCUT2D eigenvalue weighted by atomic mass is 14.1. The quantitative estimate of drug-likeness (QED) is 0.378. The minimum atomic E-state index is 1.17. The van der Waals surface area contributed by atoms with E-state index in [-0.39, 0.29) is 0 Å². The van der Waals surface area contributed by atoms with Crippen LogP contribution in [0.3, 0.4) is 0 Å². The molecule has 0 aliphatic carbocycles. The summed E-state index contributed by atoms with van der Waals surface area (Å²) in [4.78, 5) is 0. The fourth-order valence-corrected chi connectivity index (χ4v) is 3.20. The maximum atomic E-state index is 3.96. The molecule has 0 saturated heterocycles. The van der Waals surface area contributed by atoms with Gasteiger partial charge in [0.15, 0.2) is 0 Å². The predicted molar refractivity (Wildman–Crippen MR) is 97.0 cm³/mol. The van der Waals surface area contributed by atoms with Crippen molar-refractivity contribution in [1.82, 2.24) is 0 Å². The summed E-state index contributed by atoms with van der Waals surface area (Å²) in [5.74, 6) is 0. The van der Waals surface area contributed by atoms with Crippen LogP contribution in [0.15, 0.2) is 85.4 Å². The van der Waals surface area contributed by atoms with Crippen LogP contribution in [0.25, 0.3) is 38.7 Å². The molecule has 0 aliphatic rings. The normalized spacial score (nSPS) is 10.9. The lowest BCUT2D eigenvalue weighted by Gasteiger charge is -2.12. The Hall–Kier alpha value is -2.86. The van der Waals surface area contributed by atoms with E-state index in [0.29, 0.717) is 0 Å². The van der Waals surface area contributed by atoms with Crippen LogP contribution in [0.1, 0.15) is 5.56 Å². The topological polar surface area (TPSA) is 0 Å². The van der Waals surface area contributed by atoms with Gasteiger partial charge in [-0.3, -0.25) is 0 Å². The first-order valence-electron chi connectivity index (χ1n) is 7.51. The summed E-state index contributed by atoms with van der Waals surface area (Å²) in [6, 6.07) is 27.9. The minimum absolute atomic E-state index is 1.17. The molecule has 0 unspecified atom stereocenters. The van der Waals surface area contributed by atoms with E-state index in [0.717, 1.165) is 0 Å². The molecular weight excluding hydrogens is 264 g/mol. The summed E-state index contributed by atoms with van der Waals surface area (Å²) in [7, 11) is 0. The van der Waals surface area contributed by atoms with Crippen molar-refractivity contribution in [3.05, 3.63) is 91.0 Å². The second-order valence-electron chi connectivity index (χ2n) is 5.48. The second kappa shape index (κ2) is 5.16. The van der Waals surface area contributed by atoms with Gasteiger partial charge in [0.25, 0.3) is 0 Å². The molecule has 4 aromatic carbocycles. The van der Waals surface area contributed by atoms with Crippen LogP contribution in [0.5, 0.6) is 0 Å². The van der Waals surface area contributed by atoms with Gasteiger partial charge in [-0.25, -0.2) is 0 Å². The average Bonchev–Trinajstić information content (AvgIpc) is 2.61. The molecule has 0 aromatic heterocycles. The van der Waals surface area contributed by atoms with Gasteiger partial charge in [-0.05, 0) is 38.2 Å². The average molecular weight is 280 g/mol. The highest BCUT2D eigenvalue weighted by Crippen LogP contribution is 2.35. The molecule has 0 saturated carbocycles. The van der Waals surface area contributed by atoms with Crippen molar-refractivity contribution in [3.8, 4) is 11.1 Å². The van der Waals surface area contributed by atoms with E-state index in [4.69, 9.17) is 0 Å². The maximum absolute atomic E-state index is 3.96. The number of benzene rings is 4. The standard InChI is InChI=1S/C22H16/c1-2-16-8-3-5-11-19(16)21-13-7-10-18-15-14-17-9-4-6-12-20(17)22(18)21/h2-15H,1H2. The van der Waals surface area contributed by atoms with Crippen molar-refractivity contribution in [2.45, 2.75) is 0 Å². The summed E-state index contributed by atoms with van der Waals surface area (Å²) < 4.78 is 0. The van der Waals surface area contributed by atoms with Gasteiger partial charge in [0.1, 0.15) is 0 Å². The Bertz CT molecular complexity index is 993. The van der Waals surface area contributed by atoms with E-state index in [9.17, 15) is 0 Å². The number of rotatable bonds is 2. The number of fused-ring (bicyclic) bond motifs is 3. The maximum Gasteiger partial charge on any atom is -0.00266 e. The van der Waals surface area contributed by atoms with Crippen LogP contribution < -0.4 is 0 Å². The molecule has 0 heteroatoms. The zero-order chi connectivity index (χ0) is 14.9. The largest absolute Gasteiger partial charge is 0.0984 e. The van der Waals surface area contributed by atoms with E-state index in [1.165, 1.54) is 38.2 Å². The molecule has 0 fully saturated rings. The summed E-state index contributed by atoms with van der Waals surface area (Å²) in [5.41, 5.74) is 3.67. The van der Waals surface area contributed by atoms with Crippen molar-refractivity contribution in [2.24, 2.45) is 0 Å². The Labute approximate surface area is 130 Å². The van der Waals surface area contributed by atoms with Crippen molar-refractivity contribution in [1.29, 1.82) is 0 Å². The molecule has 22 heavy (non-hydrogen) atoms. The SMILES string of the molecule is C=Cc1ccccc1-c1cccc2ccc3ccccc3c12. The van der Waals surface area contributed by atoms with E-state index in [1.807, 2.05) is 6.08 Å². The highest BCUT2D eigenvalue weighted by molar-refractivity contribution is 6.14. The van der Waals surface area contributed by atoms with Crippen LogP contribution in [-0.4, -0.2) is 0 Å². The fraction of sp³-hybridized carbons (Fsp3) is 0. The molecular formula is C22H16. The Morgan fingerprint density at radius 3 is 2.18 bits per heavy atom. The lowest BCUT2D eigenvalue weighted by atomic mass is 9.91. The summed E-state index contributed by atoms with van der Waals surface area (Å²) in [6.07, 6.45) is 1.93. The minimum Gasteiger partial charge on any atom is -0.0984 e. The van der Waals surface area contributed by atoms with E-state index in [1.54, 1.807) is 0 Å². The van der Waals surface area contributed by atoms with Crippen LogP contribution in [0, 0.1) is 0 Å². The molecule has 4 aromatic rings. The van der Waals surface area contributed by atoms with Crippen molar-refractivity contribution in [2.75, 3.05) is 0 Å². The van der Waals surface area contributed by atoms with Crippen molar-refractivity contribution >= 4 is 27.6 Å². The fourth-order valence-electron chi connectivity index (χ4n) is 3.20. The first-order valence-corrected chi connectivity index (χ1v) is 7.51. The zero-order valence-electron chi connectivity index (χ0n) is 12.3. The predicted octanol–water partition coefficient (Wildman–Crippen LogP) is 6.30. The van der Waals surface area contributed by atoms with Gasteiger partial charge in [-0.1, -0.05) is 91.5 Å². The Kier molecular flexibility index (Phi) is 3.01. The van der Waals surface area contributed by atoms with Gasteiger partial charge in [-0.2, -0.15) is 0 Å². The molecule has 0 N–H and O–H groups in total. The van der Waals surface area contributed by atoms with Crippen LogP contribution in [-0.2, 0) is 0 Å². The first-order chi connectivity index (χ1) is 10.9. The molecule has 0 heterocycles. The Balaban J connectivity index is 2.18. The lowest BCUT2D eigenvalue weighted by Crippen LogP contribution is -1.86. The third-order valence-corrected chi connectivity index (χ3v) is 4.24. The van der Waals surface area contributed by atoms with Crippen LogP contribution >= 0.6 is 0 Å². The first kappa shape index (κ1) is 12.8. The lowest BCUT2D eigenvalue weighted by molar-refractivity contribution is 1.62. The van der Waals surface area contributed by atoms with Crippen LogP contribution in [0.4, 0.5) is 0 Å². The van der Waals surface area contributed by atoms with E-state index < -0.39 is 0 Å². The monoisotopic (exact) mass is 280 g/mol. The molecule has 104 valence electrons. The van der Waals surface area contributed by atoms with E-state index >= 15 is 0 Å². The molecule has 0 atom stereocenters. The summed E-state index contributed by atoms with van der Waals surface area (Å²) in [6.45, 7) is 3.96. The summed E-state index contributed by atoms with van der Waals surface area (Å²) >= 11 is 0. The molecule has 0 aliphatic heterocycles. The summed E-state index contributed by atoms with van der Waals surface area (Å²) in [5, 5.41) is 5.16. The van der Waals surface area contributed by atoms with Crippen molar-refractivity contribution < 1.29 is 0 Å². The van der Waals surface area contributed by atoms with Gasteiger partial charge >= 0.3 is 0 Å². The van der Waals surface area contributed by atoms with Gasteiger partial charge in [0.05, 0.1) is 0 Å². The van der Waals surface area contributed by atoms with Crippen LogP contribution in [0.2, 0.25) is 0 Å². The highest BCUT2D eigenvalue weighted by Gasteiger charge is 2.09. The number of hydrogen-bond donors (Lipinski definition) is 0. The third-order valence-electron chi connectivity index (χ3n) is 4.24. The molecule has 0 bridgehead atoms. The third kappa shape index (κ3) is 1.93. The van der Waals surface area contributed by atoms with E-state index in [2.05, 4.69) is 85.4 Å². The number of hydrogen-bond acceptors (Lipinski definition) is 0. The molecule has 0 amide bonds. The Morgan fingerprint density at radius 1 is 0.591 bits per heavy atom. The van der Waals surface area contributed by atoms with Gasteiger partial charge in [-0.15, -0.1) is 0 Å². The molecule has 0 radical (unpaired) electrons. The molecule has 0 nitrogen and oxygen atoms in total. The van der Waals surface area contributed by atoms with Gasteiger partial charge in [0.2, 0.25) is 0 Å². The zero-order valence-corrected chi connectivity index (χ0v) is 12.3. The van der Waals surface area contributed by atoms with Gasteiger partial charge in [0, 0.05) is 0 Å². The van der Waals surface area contributed by atoms with Gasteiger partial charge < -0.3 is 0 Å². The van der Waals surface area contributed by atoms with Crippen molar-refractivity contribution in [3.63, 3.8) is 0 Å². The Morgan fingerprint density at radius 2 is 1.27 bits per heavy atom. The smallest absolute Gasteiger partial charge is 0.00266 e. The second-order valence-corrected chi connectivity index (χ2v) is 5.48.